The average molecular weight is 463 g/mol. The van der Waals surface area contributed by atoms with Crippen LogP contribution >= 0.6 is 11.6 Å². The fourth-order valence-electron chi connectivity index (χ4n) is 3.67. The summed E-state index contributed by atoms with van der Waals surface area (Å²) in [7, 11) is 0. The van der Waals surface area contributed by atoms with Crippen molar-refractivity contribution in [3.8, 4) is 0 Å². The number of benzene rings is 2. The molecule has 10 heteroatoms. The fourth-order valence-corrected chi connectivity index (χ4v) is 3.84. The minimum atomic E-state index is -4.93. The minimum absolute atomic E-state index is 0.0188. The molecule has 0 aliphatic heterocycles. The molecule has 0 aliphatic rings. The van der Waals surface area contributed by atoms with Gasteiger partial charge >= 0.3 is 6.18 Å². The SMILES string of the molecule is CC(C(=O)NCCc1c[nH]c2ccc(Cl)cc12)n1c(=O)c(C(F)(F)F)nc2ccccc21. The van der Waals surface area contributed by atoms with Gasteiger partial charge in [-0.25, -0.2) is 4.98 Å². The van der Waals surface area contributed by atoms with Gasteiger partial charge in [-0.1, -0.05) is 23.7 Å². The molecular formula is C22H18ClF3N4O2. The Morgan fingerprint density at radius 3 is 2.75 bits per heavy atom. The molecule has 166 valence electrons. The van der Waals surface area contributed by atoms with Gasteiger partial charge in [0, 0.05) is 28.7 Å². The summed E-state index contributed by atoms with van der Waals surface area (Å²) in [4.78, 5) is 31.9. The van der Waals surface area contributed by atoms with E-state index < -0.39 is 29.4 Å². The van der Waals surface area contributed by atoms with Crippen LogP contribution in [0.2, 0.25) is 5.02 Å². The van der Waals surface area contributed by atoms with Crippen LogP contribution in [0.3, 0.4) is 0 Å². The molecule has 6 nitrogen and oxygen atoms in total. The number of nitrogens with one attached hydrogen (secondary N) is 2. The number of amides is 1. The lowest BCUT2D eigenvalue weighted by molar-refractivity contribution is -0.142. The summed E-state index contributed by atoms with van der Waals surface area (Å²) in [5, 5.41) is 4.21. The van der Waals surface area contributed by atoms with Crippen LogP contribution in [0.4, 0.5) is 13.2 Å². The first-order valence-corrected chi connectivity index (χ1v) is 10.2. The molecule has 0 saturated carbocycles. The Labute approximate surface area is 185 Å². The smallest absolute Gasteiger partial charge is 0.361 e. The molecule has 1 unspecified atom stereocenters. The third-order valence-corrected chi connectivity index (χ3v) is 5.49. The molecule has 2 aromatic heterocycles. The molecule has 0 fully saturated rings. The highest BCUT2D eigenvalue weighted by atomic mass is 35.5. The summed E-state index contributed by atoms with van der Waals surface area (Å²) in [6.07, 6.45) is -2.65. The number of hydrogen-bond donors (Lipinski definition) is 2. The lowest BCUT2D eigenvalue weighted by Crippen LogP contribution is -2.39. The van der Waals surface area contributed by atoms with Gasteiger partial charge in [0.2, 0.25) is 11.6 Å². The Hall–Kier alpha value is -3.33. The van der Waals surface area contributed by atoms with Gasteiger partial charge in [0.15, 0.2) is 0 Å². The van der Waals surface area contributed by atoms with E-state index in [-0.39, 0.29) is 17.6 Å². The molecule has 0 spiro atoms. The third kappa shape index (κ3) is 4.08. The van der Waals surface area contributed by atoms with Gasteiger partial charge in [0.05, 0.1) is 11.0 Å². The van der Waals surface area contributed by atoms with E-state index in [0.717, 1.165) is 21.0 Å². The third-order valence-electron chi connectivity index (χ3n) is 5.25. The summed E-state index contributed by atoms with van der Waals surface area (Å²) in [5.74, 6) is -0.575. The zero-order chi connectivity index (χ0) is 23.0. The number of alkyl halides is 3. The van der Waals surface area contributed by atoms with E-state index in [4.69, 9.17) is 11.6 Å². The topological polar surface area (TPSA) is 79.8 Å². The highest BCUT2D eigenvalue weighted by Gasteiger charge is 2.38. The van der Waals surface area contributed by atoms with Gasteiger partial charge in [-0.2, -0.15) is 13.2 Å². The van der Waals surface area contributed by atoms with E-state index in [9.17, 15) is 22.8 Å². The lowest BCUT2D eigenvalue weighted by Gasteiger charge is -2.19. The van der Waals surface area contributed by atoms with Gasteiger partial charge < -0.3 is 10.3 Å². The molecule has 0 aliphatic carbocycles. The van der Waals surface area contributed by atoms with E-state index in [1.807, 2.05) is 18.3 Å². The number of carbonyl (C=O) groups is 1. The molecule has 2 N–H and O–H groups in total. The Morgan fingerprint density at radius 1 is 1.25 bits per heavy atom. The van der Waals surface area contributed by atoms with Gasteiger partial charge in [0.1, 0.15) is 6.04 Å². The molecule has 1 amide bonds. The van der Waals surface area contributed by atoms with E-state index in [0.29, 0.717) is 11.4 Å². The Morgan fingerprint density at radius 2 is 2.00 bits per heavy atom. The first-order valence-electron chi connectivity index (χ1n) is 9.78. The summed E-state index contributed by atoms with van der Waals surface area (Å²) >= 11 is 6.05. The fraction of sp³-hybridized carbons (Fsp3) is 0.227. The normalized spacial score (nSPS) is 12.9. The quantitative estimate of drug-likeness (QED) is 0.459. The molecule has 4 aromatic rings. The van der Waals surface area contributed by atoms with E-state index in [1.165, 1.54) is 25.1 Å². The summed E-state index contributed by atoms with van der Waals surface area (Å²) in [5.41, 5.74) is -0.939. The molecule has 4 rings (SSSR count). The Balaban J connectivity index is 1.58. The van der Waals surface area contributed by atoms with Crippen LogP contribution in [0.1, 0.15) is 24.2 Å². The van der Waals surface area contributed by atoms with E-state index in [1.54, 1.807) is 12.1 Å². The van der Waals surface area contributed by atoms with Crippen molar-refractivity contribution in [2.75, 3.05) is 6.54 Å². The molecule has 2 aromatic carbocycles. The Bertz CT molecular complexity index is 1380. The predicted octanol–water partition coefficient (Wildman–Crippen LogP) is 4.47. The standard InChI is InChI=1S/C22H18ClF3N4O2/c1-12(20(31)27-9-8-13-11-28-16-7-6-14(23)10-15(13)16)30-18-5-3-2-4-17(18)29-19(21(30)32)22(24,25)26/h2-7,10-12,28H,8-9H2,1H3,(H,27,31). The van der Waals surface area contributed by atoms with Crippen molar-refractivity contribution in [1.82, 2.24) is 19.9 Å². The van der Waals surface area contributed by atoms with Crippen molar-refractivity contribution in [3.63, 3.8) is 0 Å². The number of halogens is 4. The lowest BCUT2D eigenvalue weighted by atomic mass is 10.1. The van der Waals surface area contributed by atoms with Gasteiger partial charge in [-0.05, 0) is 49.2 Å². The number of fused-ring (bicyclic) bond motifs is 2. The zero-order valence-electron chi connectivity index (χ0n) is 16.8. The number of H-pyrrole nitrogens is 1. The average Bonchev–Trinajstić information content (AvgIpc) is 3.14. The summed E-state index contributed by atoms with van der Waals surface area (Å²) in [6.45, 7) is 1.61. The van der Waals surface area contributed by atoms with Crippen molar-refractivity contribution < 1.29 is 18.0 Å². The second-order valence-electron chi connectivity index (χ2n) is 7.34. The van der Waals surface area contributed by atoms with Crippen LogP contribution in [0.15, 0.2) is 53.5 Å². The van der Waals surface area contributed by atoms with Crippen LogP contribution in [0.5, 0.6) is 0 Å². The number of para-hydroxylation sites is 2. The Kier molecular flexibility index (Phi) is 5.68. The number of aromatic nitrogens is 3. The van der Waals surface area contributed by atoms with Crippen molar-refractivity contribution in [3.05, 3.63) is 75.3 Å². The first kappa shape index (κ1) is 21.9. The first-order chi connectivity index (χ1) is 15.2. The van der Waals surface area contributed by atoms with Crippen LogP contribution < -0.4 is 10.9 Å². The van der Waals surface area contributed by atoms with Crippen LogP contribution in [0, 0.1) is 0 Å². The van der Waals surface area contributed by atoms with E-state index >= 15 is 0 Å². The van der Waals surface area contributed by atoms with Gasteiger partial charge in [-0.3, -0.25) is 14.2 Å². The van der Waals surface area contributed by atoms with Crippen molar-refractivity contribution >= 4 is 39.4 Å². The zero-order valence-corrected chi connectivity index (χ0v) is 17.6. The molecule has 0 saturated heterocycles. The monoisotopic (exact) mass is 462 g/mol. The number of hydrogen-bond acceptors (Lipinski definition) is 3. The largest absolute Gasteiger partial charge is 0.438 e. The highest BCUT2D eigenvalue weighted by Crippen LogP contribution is 2.27. The number of aromatic amines is 1. The molecule has 2 heterocycles. The molecule has 1 atom stereocenters. The minimum Gasteiger partial charge on any atom is -0.361 e. The maximum absolute atomic E-state index is 13.3. The van der Waals surface area contributed by atoms with Crippen LogP contribution in [-0.4, -0.2) is 27.0 Å². The molecule has 0 radical (unpaired) electrons. The highest BCUT2D eigenvalue weighted by molar-refractivity contribution is 6.31. The van der Waals surface area contributed by atoms with Crippen LogP contribution in [-0.2, 0) is 17.4 Å². The van der Waals surface area contributed by atoms with Crippen molar-refractivity contribution in [2.45, 2.75) is 25.6 Å². The molecule has 32 heavy (non-hydrogen) atoms. The van der Waals surface area contributed by atoms with Gasteiger partial charge in [0.25, 0.3) is 5.56 Å². The predicted molar refractivity (Wildman–Crippen MR) is 116 cm³/mol. The number of nitrogens with zero attached hydrogens (tertiary/aromatic N) is 2. The summed E-state index contributed by atoms with van der Waals surface area (Å²) in [6, 6.07) is 10.2. The molecular weight excluding hydrogens is 445 g/mol. The van der Waals surface area contributed by atoms with Crippen molar-refractivity contribution in [1.29, 1.82) is 0 Å². The van der Waals surface area contributed by atoms with Crippen LogP contribution in [0.25, 0.3) is 21.9 Å². The second-order valence-corrected chi connectivity index (χ2v) is 7.78. The maximum atomic E-state index is 13.3. The van der Waals surface area contributed by atoms with Gasteiger partial charge in [-0.15, -0.1) is 0 Å². The summed E-state index contributed by atoms with van der Waals surface area (Å²) < 4.78 is 40.9. The second kappa shape index (κ2) is 8.31. The maximum Gasteiger partial charge on any atom is 0.438 e. The number of carbonyl (C=O) groups excluding carboxylic acids is 1. The molecule has 0 bridgehead atoms. The van der Waals surface area contributed by atoms with E-state index in [2.05, 4.69) is 15.3 Å². The van der Waals surface area contributed by atoms with Crippen molar-refractivity contribution in [2.24, 2.45) is 0 Å². The number of rotatable bonds is 5.